The van der Waals surface area contributed by atoms with Gasteiger partial charge in [-0.2, -0.15) is 0 Å². The topological polar surface area (TPSA) is 45.7 Å². The predicted molar refractivity (Wildman–Crippen MR) is 71.5 cm³/mol. The second-order valence-electron chi connectivity index (χ2n) is 3.70. The number of hydrogen-bond donors (Lipinski definition) is 2. The average Bonchev–Trinajstić information content (AvgIpc) is 2.39. The van der Waals surface area contributed by atoms with Crippen LogP contribution in [0.15, 0.2) is 29.3 Å². The Morgan fingerprint density at radius 2 is 1.94 bits per heavy atom. The van der Waals surface area contributed by atoms with Gasteiger partial charge in [0.15, 0.2) is 5.96 Å². The van der Waals surface area contributed by atoms with Gasteiger partial charge in [0, 0.05) is 20.1 Å². The van der Waals surface area contributed by atoms with Gasteiger partial charge in [-0.1, -0.05) is 19.1 Å². The molecule has 0 amide bonds. The van der Waals surface area contributed by atoms with Crippen LogP contribution in [0.2, 0.25) is 0 Å². The minimum atomic E-state index is 0.757. The second-order valence-corrected chi connectivity index (χ2v) is 3.70. The van der Waals surface area contributed by atoms with Gasteiger partial charge in [0.2, 0.25) is 0 Å². The first-order chi connectivity index (χ1) is 8.30. The van der Waals surface area contributed by atoms with Crippen molar-refractivity contribution in [3.05, 3.63) is 29.8 Å². The molecule has 4 nitrogen and oxygen atoms in total. The Balaban J connectivity index is 2.42. The van der Waals surface area contributed by atoms with Crippen molar-refractivity contribution < 1.29 is 4.74 Å². The fraction of sp³-hybridized carbons (Fsp3) is 0.462. The Morgan fingerprint density at radius 1 is 1.24 bits per heavy atom. The summed E-state index contributed by atoms with van der Waals surface area (Å²) in [7, 11) is 3.45. The fourth-order valence-corrected chi connectivity index (χ4v) is 1.39. The third-order valence-electron chi connectivity index (χ3n) is 2.39. The van der Waals surface area contributed by atoms with Crippen LogP contribution in [0.3, 0.4) is 0 Å². The highest BCUT2D eigenvalue weighted by molar-refractivity contribution is 5.79. The molecule has 1 rings (SSSR count). The summed E-state index contributed by atoms with van der Waals surface area (Å²) < 4.78 is 5.11. The molecule has 0 atom stereocenters. The van der Waals surface area contributed by atoms with E-state index < -0.39 is 0 Å². The zero-order valence-electron chi connectivity index (χ0n) is 10.8. The quantitative estimate of drug-likeness (QED) is 0.604. The SMILES string of the molecule is CCCNC(=NC)NCc1ccc(OC)cc1. The standard InChI is InChI=1S/C13H21N3O/c1-4-9-15-13(14-2)16-10-11-5-7-12(17-3)8-6-11/h5-8H,4,9-10H2,1-3H3,(H2,14,15,16). The lowest BCUT2D eigenvalue weighted by molar-refractivity contribution is 0.414. The van der Waals surface area contributed by atoms with E-state index in [0.717, 1.165) is 31.2 Å². The van der Waals surface area contributed by atoms with E-state index in [9.17, 15) is 0 Å². The highest BCUT2D eigenvalue weighted by Gasteiger charge is 1.97. The maximum absolute atomic E-state index is 5.11. The normalized spacial score (nSPS) is 11.1. The van der Waals surface area contributed by atoms with E-state index in [1.54, 1.807) is 14.2 Å². The molecule has 0 aliphatic heterocycles. The minimum Gasteiger partial charge on any atom is -0.497 e. The number of ether oxygens (including phenoxy) is 1. The molecule has 1 aromatic rings. The van der Waals surface area contributed by atoms with E-state index in [-0.39, 0.29) is 0 Å². The number of nitrogens with one attached hydrogen (secondary N) is 2. The molecule has 0 aliphatic rings. The minimum absolute atomic E-state index is 0.757. The lowest BCUT2D eigenvalue weighted by Gasteiger charge is -2.11. The van der Waals surface area contributed by atoms with Crippen molar-refractivity contribution in [3.63, 3.8) is 0 Å². The van der Waals surface area contributed by atoms with E-state index in [1.807, 2.05) is 24.3 Å². The Hall–Kier alpha value is -1.71. The fourth-order valence-electron chi connectivity index (χ4n) is 1.39. The van der Waals surface area contributed by atoms with Crippen LogP contribution in [0.1, 0.15) is 18.9 Å². The first-order valence-electron chi connectivity index (χ1n) is 5.87. The summed E-state index contributed by atoms with van der Waals surface area (Å²) in [6.45, 7) is 3.82. The Bertz CT molecular complexity index is 346. The molecule has 0 aliphatic carbocycles. The summed E-state index contributed by atoms with van der Waals surface area (Å²) in [6.07, 6.45) is 1.09. The highest BCUT2D eigenvalue weighted by Crippen LogP contribution is 2.10. The van der Waals surface area contributed by atoms with Gasteiger partial charge in [-0.3, -0.25) is 4.99 Å². The number of nitrogens with zero attached hydrogens (tertiary/aromatic N) is 1. The van der Waals surface area contributed by atoms with Crippen LogP contribution in [-0.2, 0) is 6.54 Å². The third-order valence-corrected chi connectivity index (χ3v) is 2.39. The maximum Gasteiger partial charge on any atom is 0.191 e. The molecule has 0 saturated carbocycles. The van der Waals surface area contributed by atoms with Crippen LogP contribution in [0.25, 0.3) is 0 Å². The zero-order chi connectivity index (χ0) is 12.5. The van der Waals surface area contributed by atoms with Crippen LogP contribution in [-0.4, -0.2) is 26.7 Å². The van der Waals surface area contributed by atoms with E-state index >= 15 is 0 Å². The van der Waals surface area contributed by atoms with Gasteiger partial charge in [0.1, 0.15) is 5.75 Å². The molecule has 0 heterocycles. The Kier molecular flexibility index (Phi) is 5.93. The first-order valence-corrected chi connectivity index (χ1v) is 5.87. The highest BCUT2D eigenvalue weighted by atomic mass is 16.5. The smallest absolute Gasteiger partial charge is 0.191 e. The monoisotopic (exact) mass is 235 g/mol. The molecule has 94 valence electrons. The van der Waals surface area contributed by atoms with E-state index in [1.165, 1.54) is 5.56 Å². The molecule has 1 aromatic carbocycles. The zero-order valence-corrected chi connectivity index (χ0v) is 10.8. The number of aliphatic imine (C=N–C) groups is 1. The molecule has 4 heteroatoms. The molecule has 0 radical (unpaired) electrons. The van der Waals surface area contributed by atoms with E-state index in [0.29, 0.717) is 0 Å². The van der Waals surface area contributed by atoms with Gasteiger partial charge in [0.25, 0.3) is 0 Å². The third kappa shape index (κ3) is 4.76. The van der Waals surface area contributed by atoms with Gasteiger partial charge in [-0.15, -0.1) is 0 Å². The molecule has 0 fully saturated rings. The number of rotatable bonds is 5. The van der Waals surface area contributed by atoms with E-state index in [2.05, 4.69) is 22.5 Å². The lowest BCUT2D eigenvalue weighted by atomic mass is 10.2. The summed E-state index contributed by atoms with van der Waals surface area (Å²) in [5.41, 5.74) is 1.20. The maximum atomic E-state index is 5.11. The van der Waals surface area contributed by atoms with Crippen molar-refractivity contribution in [2.75, 3.05) is 20.7 Å². The predicted octanol–water partition coefficient (Wildman–Crippen LogP) is 1.77. The Morgan fingerprint density at radius 3 is 2.47 bits per heavy atom. The van der Waals surface area contributed by atoms with Gasteiger partial charge >= 0.3 is 0 Å². The van der Waals surface area contributed by atoms with Crippen molar-refractivity contribution in [3.8, 4) is 5.75 Å². The summed E-state index contributed by atoms with van der Waals surface area (Å²) in [6, 6.07) is 8.00. The Labute approximate surface area is 103 Å². The van der Waals surface area contributed by atoms with Crippen molar-refractivity contribution in [2.24, 2.45) is 4.99 Å². The van der Waals surface area contributed by atoms with Gasteiger partial charge in [-0.25, -0.2) is 0 Å². The summed E-state index contributed by atoms with van der Waals surface area (Å²) >= 11 is 0. The van der Waals surface area contributed by atoms with Crippen LogP contribution < -0.4 is 15.4 Å². The first kappa shape index (κ1) is 13.4. The number of methoxy groups -OCH3 is 1. The number of benzene rings is 1. The average molecular weight is 235 g/mol. The molecular weight excluding hydrogens is 214 g/mol. The van der Waals surface area contributed by atoms with Gasteiger partial charge in [0.05, 0.1) is 7.11 Å². The molecule has 0 spiro atoms. The summed E-state index contributed by atoms with van der Waals surface area (Å²) in [5, 5.41) is 6.48. The lowest BCUT2D eigenvalue weighted by Crippen LogP contribution is -2.37. The van der Waals surface area contributed by atoms with Crippen molar-refractivity contribution in [1.82, 2.24) is 10.6 Å². The van der Waals surface area contributed by atoms with Crippen molar-refractivity contribution in [2.45, 2.75) is 19.9 Å². The molecule has 2 N–H and O–H groups in total. The van der Waals surface area contributed by atoms with Crippen LogP contribution >= 0.6 is 0 Å². The second kappa shape index (κ2) is 7.54. The summed E-state index contributed by atoms with van der Waals surface area (Å²) in [4.78, 5) is 4.14. The van der Waals surface area contributed by atoms with Crippen LogP contribution in [0, 0.1) is 0 Å². The van der Waals surface area contributed by atoms with Crippen LogP contribution in [0.5, 0.6) is 5.75 Å². The van der Waals surface area contributed by atoms with E-state index in [4.69, 9.17) is 4.74 Å². The van der Waals surface area contributed by atoms with Gasteiger partial charge < -0.3 is 15.4 Å². The molecular formula is C13H21N3O. The molecule has 0 aromatic heterocycles. The number of guanidine groups is 1. The number of hydrogen-bond acceptors (Lipinski definition) is 2. The largest absolute Gasteiger partial charge is 0.497 e. The van der Waals surface area contributed by atoms with Crippen molar-refractivity contribution in [1.29, 1.82) is 0 Å². The molecule has 0 saturated heterocycles. The van der Waals surface area contributed by atoms with Crippen molar-refractivity contribution >= 4 is 5.96 Å². The van der Waals surface area contributed by atoms with Gasteiger partial charge in [-0.05, 0) is 24.1 Å². The van der Waals surface area contributed by atoms with Crippen LogP contribution in [0.4, 0.5) is 0 Å². The summed E-state index contributed by atoms with van der Waals surface area (Å²) in [5.74, 6) is 1.71. The molecule has 17 heavy (non-hydrogen) atoms. The molecule has 0 unspecified atom stereocenters. The molecule has 0 bridgehead atoms.